The molecule has 0 atom stereocenters. The topological polar surface area (TPSA) is 15.6 Å². The summed E-state index contributed by atoms with van der Waals surface area (Å²) in [4.78, 5) is 1.96. The van der Waals surface area contributed by atoms with Crippen molar-refractivity contribution < 1.29 is 24.5 Å². The second-order valence-corrected chi connectivity index (χ2v) is 4.72. The van der Waals surface area contributed by atoms with Crippen molar-refractivity contribution in [3.05, 3.63) is 59.7 Å². The van der Waals surface area contributed by atoms with E-state index in [2.05, 4.69) is 10.5 Å². The van der Waals surface area contributed by atoms with Gasteiger partial charge in [0.15, 0.2) is 0 Å². The summed E-state index contributed by atoms with van der Waals surface area (Å²) in [5.74, 6) is 2.46. The minimum absolute atomic E-state index is 0. The molecule has 1 radical (unpaired) electrons. The molecule has 2 nitrogen and oxygen atoms in total. The minimum atomic E-state index is -0.239. The van der Waals surface area contributed by atoms with Gasteiger partial charge < -0.3 is 4.90 Å². The largest absolute Gasteiger partial charge is 0.486 e. The van der Waals surface area contributed by atoms with Crippen LogP contribution in [0.2, 0.25) is 0 Å². The molecule has 2 heterocycles. The van der Waals surface area contributed by atoms with Gasteiger partial charge in [0.05, 0.1) is 0 Å². The molecule has 97 valence electrons. The van der Waals surface area contributed by atoms with E-state index in [1.165, 1.54) is 24.1 Å². The molecule has 0 bridgehead atoms. The molecule has 0 saturated heterocycles. The number of nitrogens with zero attached hydrogens (tertiary/aromatic N) is 2. The standard InChI is InChI=1S/C14H7FN2S.Ir/c15-9-5-6-10-11-3-1-2-4-13(11)17-8-18-16-14(17)12(10)7-9;/h1-3,5-8H;/q-2;. The van der Waals surface area contributed by atoms with Gasteiger partial charge >= 0.3 is 0 Å². The average molecular weight is 447 g/mol. The molecular weight excluding hydrogens is 439 g/mol. The summed E-state index contributed by atoms with van der Waals surface area (Å²) in [6, 6.07) is 13.9. The summed E-state index contributed by atoms with van der Waals surface area (Å²) < 4.78 is 17.8. The molecule has 2 aliphatic heterocycles. The van der Waals surface area contributed by atoms with Gasteiger partial charge in [0.2, 0.25) is 0 Å². The fourth-order valence-electron chi connectivity index (χ4n) is 2.33. The SMILES string of the molecule is Fc1ccc2c(c1)C1=NS[CH-]N1c1[c-]cccc1-2.[Ir]. The van der Waals surface area contributed by atoms with E-state index in [9.17, 15) is 4.39 Å². The van der Waals surface area contributed by atoms with E-state index in [4.69, 9.17) is 0 Å². The normalized spacial score (nSPS) is 15.0. The van der Waals surface area contributed by atoms with Gasteiger partial charge in [-0.15, -0.1) is 5.56 Å². The molecule has 2 aromatic rings. The maximum absolute atomic E-state index is 13.4. The van der Waals surface area contributed by atoms with E-state index in [-0.39, 0.29) is 25.9 Å². The zero-order valence-corrected chi connectivity index (χ0v) is 12.8. The third-order valence-corrected chi connectivity index (χ3v) is 3.69. The summed E-state index contributed by atoms with van der Waals surface area (Å²) in [6.07, 6.45) is 0. The van der Waals surface area contributed by atoms with Crippen LogP contribution in [0.4, 0.5) is 10.1 Å². The number of hydrogen-bond donors (Lipinski definition) is 0. The Morgan fingerprint density at radius 3 is 3.00 bits per heavy atom. The van der Waals surface area contributed by atoms with Crippen LogP contribution in [0.1, 0.15) is 5.56 Å². The van der Waals surface area contributed by atoms with Crippen LogP contribution < -0.4 is 4.90 Å². The van der Waals surface area contributed by atoms with E-state index in [1.807, 2.05) is 29.0 Å². The number of benzene rings is 2. The monoisotopic (exact) mass is 447 g/mol. The number of hydrogen-bond acceptors (Lipinski definition) is 3. The molecule has 0 N–H and O–H groups in total. The van der Waals surface area contributed by atoms with E-state index in [0.29, 0.717) is 0 Å². The zero-order chi connectivity index (χ0) is 12.1. The Hall–Kier alpha value is -1.16. The van der Waals surface area contributed by atoms with E-state index in [1.54, 1.807) is 6.07 Å². The van der Waals surface area contributed by atoms with E-state index in [0.717, 1.165) is 28.2 Å². The molecule has 0 fully saturated rings. The molecule has 4 rings (SSSR count). The molecule has 0 unspecified atom stereocenters. The van der Waals surface area contributed by atoms with Crippen LogP contribution in [0.15, 0.2) is 40.8 Å². The van der Waals surface area contributed by atoms with Crippen LogP contribution in [0, 0.1) is 17.8 Å². The Balaban J connectivity index is 0.00000110. The molecule has 0 aliphatic carbocycles. The number of halogens is 1. The molecule has 2 aliphatic rings. The van der Waals surface area contributed by atoms with Gasteiger partial charge in [0.25, 0.3) is 0 Å². The summed E-state index contributed by atoms with van der Waals surface area (Å²) in [7, 11) is 0. The molecular formula is C14H7FIrN2S-2. The predicted octanol–water partition coefficient (Wildman–Crippen LogP) is 3.64. The Morgan fingerprint density at radius 2 is 2.11 bits per heavy atom. The van der Waals surface area contributed by atoms with Gasteiger partial charge in [-0.25, -0.2) is 8.79 Å². The summed E-state index contributed by atoms with van der Waals surface area (Å²) >= 11 is 1.36. The van der Waals surface area contributed by atoms with Crippen molar-refractivity contribution in [3.63, 3.8) is 0 Å². The van der Waals surface area contributed by atoms with Gasteiger partial charge in [-0.2, -0.15) is 42.1 Å². The van der Waals surface area contributed by atoms with Gasteiger partial charge in [0.1, 0.15) is 11.7 Å². The first kappa shape index (κ1) is 12.9. The molecule has 0 aromatic heterocycles. The van der Waals surface area contributed by atoms with Crippen molar-refractivity contribution in [2.75, 3.05) is 4.90 Å². The Morgan fingerprint density at radius 1 is 1.21 bits per heavy atom. The minimum Gasteiger partial charge on any atom is -0.486 e. The molecule has 19 heavy (non-hydrogen) atoms. The first-order chi connectivity index (χ1) is 8.84. The third-order valence-electron chi connectivity index (χ3n) is 3.11. The van der Waals surface area contributed by atoms with Gasteiger partial charge in [-0.05, 0) is 12.1 Å². The summed E-state index contributed by atoms with van der Waals surface area (Å²) in [5.41, 5.74) is 3.88. The van der Waals surface area contributed by atoms with Crippen LogP contribution in [-0.2, 0) is 20.1 Å². The van der Waals surface area contributed by atoms with Crippen LogP contribution in [0.3, 0.4) is 0 Å². The molecule has 0 spiro atoms. The number of anilines is 1. The Bertz CT molecular complexity index is 687. The van der Waals surface area contributed by atoms with E-state index >= 15 is 0 Å². The van der Waals surface area contributed by atoms with Crippen molar-refractivity contribution in [2.45, 2.75) is 0 Å². The predicted molar refractivity (Wildman–Crippen MR) is 71.6 cm³/mol. The maximum atomic E-state index is 13.4. The summed E-state index contributed by atoms with van der Waals surface area (Å²) in [6.45, 7) is 0. The fraction of sp³-hybridized carbons (Fsp3) is 0. The first-order valence-corrected chi connectivity index (χ1v) is 6.35. The smallest absolute Gasteiger partial charge is 0.123 e. The number of fused-ring (bicyclic) bond motifs is 6. The molecule has 0 amide bonds. The van der Waals surface area contributed by atoms with Crippen LogP contribution in [0.5, 0.6) is 0 Å². The molecule has 0 saturated carbocycles. The average Bonchev–Trinajstić information content (AvgIpc) is 2.88. The third kappa shape index (κ3) is 1.84. The second-order valence-electron chi connectivity index (χ2n) is 4.12. The molecule has 2 aromatic carbocycles. The number of amidine groups is 1. The van der Waals surface area contributed by atoms with Gasteiger partial charge in [0, 0.05) is 25.7 Å². The zero-order valence-electron chi connectivity index (χ0n) is 9.56. The van der Waals surface area contributed by atoms with E-state index < -0.39 is 0 Å². The van der Waals surface area contributed by atoms with Crippen LogP contribution in [-0.4, -0.2) is 5.84 Å². The van der Waals surface area contributed by atoms with Gasteiger partial charge in [-0.3, -0.25) is 0 Å². The molecule has 5 heteroatoms. The van der Waals surface area contributed by atoms with Crippen molar-refractivity contribution in [3.8, 4) is 11.1 Å². The number of para-hydroxylation sites is 1. The fourth-order valence-corrected chi connectivity index (χ4v) is 2.97. The van der Waals surface area contributed by atoms with Crippen molar-refractivity contribution in [1.29, 1.82) is 0 Å². The first-order valence-electron chi connectivity index (χ1n) is 5.52. The van der Waals surface area contributed by atoms with Crippen molar-refractivity contribution in [2.24, 2.45) is 4.40 Å². The van der Waals surface area contributed by atoms with Crippen LogP contribution in [0.25, 0.3) is 11.1 Å². The van der Waals surface area contributed by atoms with Crippen LogP contribution >= 0.6 is 11.9 Å². The van der Waals surface area contributed by atoms with Crippen molar-refractivity contribution in [1.82, 2.24) is 0 Å². The van der Waals surface area contributed by atoms with Crippen molar-refractivity contribution >= 4 is 23.5 Å². The number of rotatable bonds is 0. The Kier molecular flexibility index (Phi) is 3.21. The van der Waals surface area contributed by atoms with Gasteiger partial charge in [-0.1, -0.05) is 17.3 Å². The Labute approximate surface area is 128 Å². The summed E-state index contributed by atoms with van der Waals surface area (Å²) in [5, 5.41) is 0. The quantitative estimate of drug-likeness (QED) is 0.454. The second kappa shape index (κ2) is 4.74. The maximum Gasteiger partial charge on any atom is 0.123 e.